The third-order valence-corrected chi connectivity index (χ3v) is 4.27. The van der Waals surface area contributed by atoms with Gasteiger partial charge in [-0.3, -0.25) is 9.59 Å². The minimum Gasteiger partial charge on any atom is -0.322 e. The van der Waals surface area contributed by atoms with E-state index in [2.05, 4.69) is 10.6 Å². The van der Waals surface area contributed by atoms with Crippen molar-refractivity contribution in [2.45, 2.75) is 0 Å². The average Bonchev–Trinajstić information content (AvgIpc) is 3.16. The van der Waals surface area contributed by atoms with E-state index in [0.29, 0.717) is 16.9 Å². The fourth-order valence-corrected chi connectivity index (χ4v) is 2.82. The molecular formula is C20H15FN2O2S. The Morgan fingerprint density at radius 2 is 1.73 bits per heavy atom. The maximum absolute atomic E-state index is 12.9. The van der Waals surface area contributed by atoms with E-state index in [4.69, 9.17) is 0 Å². The zero-order valence-corrected chi connectivity index (χ0v) is 14.4. The Balaban J connectivity index is 1.64. The van der Waals surface area contributed by atoms with Crippen LogP contribution in [0.15, 0.2) is 72.1 Å². The van der Waals surface area contributed by atoms with Gasteiger partial charge in [-0.05, 0) is 60.0 Å². The fourth-order valence-electron chi connectivity index (χ4n) is 2.20. The van der Waals surface area contributed by atoms with Crippen LogP contribution in [0.25, 0.3) is 6.08 Å². The summed E-state index contributed by atoms with van der Waals surface area (Å²) in [5, 5.41) is 7.33. The van der Waals surface area contributed by atoms with Crippen molar-refractivity contribution in [3.63, 3.8) is 0 Å². The lowest BCUT2D eigenvalue weighted by Gasteiger charge is -2.07. The smallest absolute Gasteiger partial charge is 0.255 e. The minimum atomic E-state index is -0.372. The Labute approximate surface area is 154 Å². The lowest BCUT2D eigenvalue weighted by atomic mass is 10.1. The van der Waals surface area contributed by atoms with Crippen LogP contribution in [0.5, 0.6) is 0 Å². The zero-order valence-electron chi connectivity index (χ0n) is 13.6. The van der Waals surface area contributed by atoms with Gasteiger partial charge < -0.3 is 10.6 Å². The van der Waals surface area contributed by atoms with Crippen molar-refractivity contribution in [3.05, 3.63) is 88.4 Å². The number of carbonyl (C=O) groups is 2. The van der Waals surface area contributed by atoms with Crippen LogP contribution in [0.2, 0.25) is 0 Å². The molecule has 0 atom stereocenters. The largest absolute Gasteiger partial charge is 0.322 e. The van der Waals surface area contributed by atoms with Gasteiger partial charge in [-0.1, -0.05) is 12.1 Å². The highest BCUT2D eigenvalue weighted by Gasteiger charge is 2.08. The van der Waals surface area contributed by atoms with Crippen LogP contribution in [-0.4, -0.2) is 11.8 Å². The fraction of sp³-hybridized carbons (Fsp3) is 0. The molecule has 26 heavy (non-hydrogen) atoms. The summed E-state index contributed by atoms with van der Waals surface area (Å²) in [4.78, 5) is 25.2. The molecule has 0 radical (unpaired) electrons. The number of rotatable bonds is 5. The van der Waals surface area contributed by atoms with Crippen LogP contribution >= 0.6 is 11.3 Å². The molecule has 0 aliphatic heterocycles. The average molecular weight is 366 g/mol. The topological polar surface area (TPSA) is 58.2 Å². The third kappa shape index (κ3) is 4.87. The highest BCUT2D eigenvalue weighted by molar-refractivity contribution is 7.10. The summed E-state index contributed by atoms with van der Waals surface area (Å²) in [5.74, 6) is -1.00. The number of nitrogens with one attached hydrogen (secondary N) is 2. The normalized spacial score (nSPS) is 10.7. The second kappa shape index (κ2) is 8.22. The number of hydrogen-bond donors (Lipinski definition) is 2. The number of benzene rings is 2. The molecule has 0 unspecified atom stereocenters. The summed E-state index contributed by atoms with van der Waals surface area (Å²) in [6, 6.07) is 15.9. The van der Waals surface area contributed by atoms with Crippen molar-refractivity contribution < 1.29 is 14.0 Å². The molecular weight excluding hydrogens is 351 g/mol. The monoisotopic (exact) mass is 366 g/mol. The Hall–Kier alpha value is -3.25. The van der Waals surface area contributed by atoms with E-state index < -0.39 is 0 Å². The van der Waals surface area contributed by atoms with E-state index in [1.807, 2.05) is 17.5 Å². The van der Waals surface area contributed by atoms with E-state index in [1.165, 1.54) is 41.7 Å². The molecule has 4 nitrogen and oxygen atoms in total. The number of anilines is 2. The SMILES string of the molecule is O=C(/C=C/c1cccs1)Nc1cccc(C(=O)Nc2ccc(F)cc2)c1. The van der Waals surface area contributed by atoms with Gasteiger partial charge in [-0.15, -0.1) is 11.3 Å². The van der Waals surface area contributed by atoms with Crippen molar-refractivity contribution in [1.29, 1.82) is 0 Å². The first kappa shape index (κ1) is 17.6. The Kier molecular flexibility index (Phi) is 5.56. The van der Waals surface area contributed by atoms with Gasteiger partial charge in [-0.25, -0.2) is 4.39 Å². The standard InChI is InChI=1S/C20H15FN2O2S/c21-15-6-8-16(9-7-15)23-20(25)14-3-1-4-17(13-14)22-19(24)11-10-18-5-2-12-26-18/h1-13H,(H,22,24)(H,23,25)/b11-10+. The summed E-state index contributed by atoms with van der Waals surface area (Å²) in [5.41, 5.74) is 1.39. The molecule has 0 spiro atoms. The van der Waals surface area contributed by atoms with Gasteiger partial charge in [0.25, 0.3) is 5.91 Å². The zero-order chi connectivity index (χ0) is 18.4. The minimum absolute atomic E-state index is 0.283. The molecule has 0 saturated carbocycles. The first-order chi connectivity index (χ1) is 12.6. The molecule has 0 bridgehead atoms. The van der Waals surface area contributed by atoms with Crippen molar-refractivity contribution in [3.8, 4) is 0 Å². The molecule has 0 aliphatic rings. The molecule has 2 aromatic carbocycles. The van der Waals surface area contributed by atoms with Crippen LogP contribution < -0.4 is 10.6 Å². The summed E-state index contributed by atoms with van der Waals surface area (Å²) >= 11 is 1.54. The second-order valence-electron chi connectivity index (χ2n) is 5.38. The van der Waals surface area contributed by atoms with Gasteiger partial charge in [0.2, 0.25) is 5.91 Å². The molecule has 1 heterocycles. The van der Waals surface area contributed by atoms with Gasteiger partial charge >= 0.3 is 0 Å². The Morgan fingerprint density at radius 3 is 2.46 bits per heavy atom. The van der Waals surface area contributed by atoms with Gasteiger partial charge in [0, 0.05) is 27.9 Å². The van der Waals surface area contributed by atoms with Crippen LogP contribution in [-0.2, 0) is 4.79 Å². The Morgan fingerprint density at radius 1 is 0.923 bits per heavy atom. The molecule has 130 valence electrons. The van der Waals surface area contributed by atoms with Crippen molar-refractivity contribution in [1.82, 2.24) is 0 Å². The lowest BCUT2D eigenvalue weighted by Crippen LogP contribution is -2.13. The van der Waals surface area contributed by atoms with E-state index >= 15 is 0 Å². The van der Waals surface area contributed by atoms with E-state index in [-0.39, 0.29) is 17.6 Å². The van der Waals surface area contributed by atoms with Gasteiger partial charge in [0.1, 0.15) is 5.82 Å². The van der Waals surface area contributed by atoms with Gasteiger partial charge in [0.05, 0.1) is 0 Å². The maximum Gasteiger partial charge on any atom is 0.255 e. The highest BCUT2D eigenvalue weighted by atomic mass is 32.1. The first-order valence-corrected chi connectivity index (χ1v) is 8.68. The molecule has 1 aromatic heterocycles. The van der Waals surface area contributed by atoms with Crippen molar-refractivity contribution in [2.75, 3.05) is 10.6 Å². The van der Waals surface area contributed by atoms with E-state index in [9.17, 15) is 14.0 Å². The van der Waals surface area contributed by atoms with Gasteiger partial charge in [0.15, 0.2) is 0 Å². The molecule has 0 aliphatic carbocycles. The van der Waals surface area contributed by atoms with Crippen molar-refractivity contribution in [2.24, 2.45) is 0 Å². The van der Waals surface area contributed by atoms with Crippen LogP contribution in [0, 0.1) is 5.82 Å². The molecule has 6 heteroatoms. The predicted molar refractivity (Wildman–Crippen MR) is 103 cm³/mol. The van der Waals surface area contributed by atoms with E-state index in [0.717, 1.165) is 4.88 Å². The van der Waals surface area contributed by atoms with Crippen LogP contribution in [0.4, 0.5) is 15.8 Å². The summed E-state index contributed by atoms with van der Waals surface area (Å²) in [6.45, 7) is 0. The number of carbonyl (C=O) groups excluding carboxylic acids is 2. The highest BCUT2D eigenvalue weighted by Crippen LogP contribution is 2.15. The molecule has 2 N–H and O–H groups in total. The quantitative estimate of drug-likeness (QED) is 0.638. The van der Waals surface area contributed by atoms with Crippen LogP contribution in [0.3, 0.4) is 0 Å². The number of amides is 2. The lowest BCUT2D eigenvalue weighted by molar-refractivity contribution is -0.111. The second-order valence-corrected chi connectivity index (χ2v) is 6.36. The van der Waals surface area contributed by atoms with E-state index in [1.54, 1.807) is 30.3 Å². The molecule has 0 saturated heterocycles. The van der Waals surface area contributed by atoms with Crippen molar-refractivity contribution >= 4 is 40.6 Å². The maximum atomic E-state index is 12.9. The van der Waals surface area contributed by atoms with Crippen LogP contribution in [0.1, 0.15) is 15.2 Å². The third-order valence-electron chi connectivity index (χ3n) is 3.44. The molecule has 2 amide bonds. The first-order valence-electron chi connectivity index (χ1n) is 7.80. The summed E-state index contributed by atoms with van der Waals surface area (Å²) in [6.07, 6.45) is 3.17. The predicted octanol–water partition coefficient (Wildman–Crippen LogP) is 4.79. The Bertz CT molecular complexity index is 935. The molecule has 3 rings (SSSR count). The summed E-state index contributed by atoms with van der Waals surface area (Å²) in [7, 11) is 0. The number of halogens is 1. The number of hydrogen-bond acceptors (Lipinski definition) is 3. The van der Waals surface area contributed by atoms with Gasteiger partial charge in [-0.2, -0.15) is 0 Å². The summed E-state index contributed by atoms with van der Waals surface area (Å²) < 4.78 is 12.9. The molecule has 0 fully saturated rings. The molecule has 3 aromatic rings. The number of thiophene rings is 1.